The van der Waals surface area contributed by atoms with E-state index < -0.39 is 16.1 Å². The van der Waals surface area contributed by atoms with E-state index in [9.17, 15) is 18.0 Å². The number of carbonyl (C=O) groups excluding carboxylic acids is 2. The normalized spacial score (nSPS) is 14.6. The fourth-order valence-corrected chi connectivity index (χ4v) is 6.88. The van der Waals surface area contributed by atoms with Gasteiger partial charge in [-0.15, -0.1) is 0 Å². The Bertz CT molecular complexity index is 1480. The maximum Gasteiger partial charge on any atom is 0.243 e. The first-order valence-corrected chi connectivity index (χ1v) is 17.3. The van der Waals surface area contributed by atoms with Gasteiger partial charge in [0.25, 0.3) is 0 Å². The Morgan fingerprint density at radius 2 is 1.63 bits per heavy atom. The summed E-state index contributed by atoms with van der Waals surface area (Å²) in [6.07, 6.45) is 7.14. The van der Waals surface area contributed by atoms with E-state index in [1.807, 2.05) is 61.5 Å². The van der Waals surface area contributed by atoms with Gasteiger partial charge in [0.15, 0.2) is 0 Å². The molecule has 7 nitrogen and oxygen atoms in total. The Labute approximate surface area is 261 Å². The summed E-state index contributed by atoms with van der Waals surface area (Å²) in [5.41, 5.74) is 3.43. The van der Waals surface area contributed by atoms with Gasteiger partial charge in [0.2, 0.25) is 21.8 Å². The summed E-state index contributed by atoms with van der Waals surface area (Å²) in [6, 6.07) is 23.8. The third-order valence-electron chi connectivity index (χ3n) is 7.91. The number of benzene rings is 3. The van der Waals surface area contributed by atoms with Crippen LogP contribution >= 0.6 is 11.6 Å². The van der Waals surface area contributed by atoms with Gasteiger partial charge in [0.1, 0.15) is 6.04 Å². The van der Waals surface area contributed by atoms with Crippen LogP contribution in [0.5, 0.6) is 0 Å². The molecule has 9 heteroatoms. The van der Waals surface area contributed by atoms with Crippen molar-refractivity contribution in [1.29, 1.82) is 0 Å². The average Bonchev–Trinajstić information content (AvgIpc) is 2.97. The first-order chi connectivity index (χ1) is 20.6. The van der Waals surface area contributed by atoms with Crippen molar-refractivity contribution < 1.29 is 18.0 Å². The van der Waals surface area contributed by atoms with Crippen LogP contribution in [0, 0.1) is 6.92 Å². The molecule has 1 saturated carbocycles. The molecule has 1 atom stereocenters. The number of rotatable bonds is 13. The topological polar surface area (TPSA) is 86.8 Å². The van der Waals surface area contributed by atoms with Crippen LogP contribution in [0.4, 0.5) is 5.69 Å². The summed E-state index contributed by atoms with van der Waals surface area (Å²) in [4.78, 5) is 29.7. The van der Waals surface area contributed by atoms with Crippen molar-refractivity contribution in [1.82, 2.24) is 10.2 Å². The molecule has 1 aliphatic rings. The largest absolute Gasteiger partial charge is 0.352 e. The molecule has 0 aromatic heterocycles. The quantitative estimate of drug-likeness (QED) is 0.243. The number of amides is 2. The van der Waals surface area contributed by atoms with Crippen LogP contribution in [-0.2, 0) is 32.6 Å². The van der Waals surface area contributed by atoms with Crippen LogP contribution in [-0.4, -0.2) is 50.0 Å². The molecule has 1 fully saturated rings. The molecule has 0 spiro atoms. The highest BCUT2D eigenvalue weighted by Crippen LogP contribution is 2.24. The van der Waals surface area contributed by atoms with E-state index in [4.69, 9.17) is 11.6 Å². The van der Waals surface area contributed by atoms with Gasteiger partial charge < -0.3 is 10.2 Å². The van der Waals surface area contributed by atoms with Crippen LogP contribution in [0.25, 0.3) is 0 Å². The smallest absolute Gasteiger partial charge is 0.243 e. The van der Waals surface area contributed by atoms with Gasteiger partial charge in [0, 0.05) is 37.0 Å². The Hall–Kier alpha value is -3.36. The lowest BCUT2D eigenvalue weighted by molar-refractivity contribution is -0.141. The fraction of sp³-hybridized carbons (Fsp3) is 0.412. The van der Waals surface area contributed by atoms with Crippen molar-refractivity contribution in [3.63, 3.8) is 0 Å². The van der Waals surface area contributed by atoms with Gasteiger partial charge in [-0.3, -0.25) is 13.9 Å². The number of carbonyl (C=O) groups is 2. The Kier molecular flexibility index (Phi) is 11.7. The fourth-order valence-electron chi connectivity index (χ4n) is 5.74. The van der Waals surface area contributed by atoms with Gasteiger partial charge in [-0.1, -0.05) is 97.1 Å². The number of nitrogens with zero attached hydrogens (tertiary/aromatic N) is 2. The molecule has 0 heterocycles. The number of sulfonamides is 1. The predicted molar refractivity (Wildman–Crippen MR) is 174 cm³/mol. The molecule has 0 radical (unpaired) electrons. The summed E-state index contributed by atoms with van der Waals surface area (Å²) >= 11 is 6.13. The van der Waals surface area contributed by atoms with E-state index in [1.54, 1.807) is 29.2 Å². The van der Waals surface area contributed by atoms with E-state index in [-0.39, 0.29) is 43.8 Å². The second-order valence-corrected chi connectivity index (χ2v) is 13.8. The lowest BCUT2D eigenvalue weighted by atomic mass is 9.94. The van der Waals surface area contributed by atoms with Gasteiger partial charge >= 0.3 is 0 Å². The summed E-state index contributed by atoms with van der Waals surface area (Å²) < 4.78 is 26.6. The van der Waals surface area contributed by atoms with E-state index in [0.717, 1.165) is 48.6 Å². The molecule has 43 heavy (non-hydrogen) atoms. The van der Waals surface area contributed by atoms with E-state index >= 15 is 0 Å². The maximum absolute atomic E-state index is 14.0. The Morgan fingerprint density at radius 3 is 2.30 bits per heavy atom. The van der Waals surface area contributed by atoms with E-state index in [1.165, 1.54) is 10.7 Å². The lowest BCUT2D eigenvalue weighted by Gasteiger charge is -2.34. The first-order valence-electron chi connectivity index (χ1n) is 15.0. The SMILES string of the molecule is Cc1cccc(CN(C(=O)CCCN(c2cccc(Cl)c2)S(C)(=O)=O)[C@H](Cc2ccccc2)C(=O)NC2CCCCC2)c1. The van der Waals surface area contributed by atoms with Gasteiger partial charge in [-0.25, -0.2) is 8.42 Å². The van der Waals surface area contributed by atoms with Crippen LogP contribution in [0.15, 0.2) is 78.9 Å². The molecule has 1 aliphatic carbocycles. The monoisotopic (exact) mass is 623 g/mol. The van der Waals surface area contributed by atoms with Crippen molar-refractivity contribution in [3.8, 4) is 0 Å². The van der Waals surface area contributed by atoms with Crippen LogP contribution < -0.4 is 9.62 Å². The highest BCUT2D eigenvalue weighted by Gasteiger charge is 2.32. The number of anilines is 1. The molecular formula is C34H42ClN3O4S. The molecule has 0 unspecified atom stereocenters. The number of hydrogen-bond donors (Lipinski definition) is 1. The second-order valence-electron chi connectivity index (χ2n) is 11.5. The standard InChI is InChI=1S/C34H42ClN3O4S/c1-26-12-9-15-28(22-26)25-37(33(39)20-11-21-38(43(2,41)42)31-19-10-16-29(35)24-31)32(23-27-13-5-3-6-14-27)34(40)36-30-17-7-4-8-18-30/h3,5-6,9-10,12-16,19,22,24,30,32H,4,7-8,11,17-18,20-21,23,25H2,1-2H3,(H,36,40)/t32-/m1/s1. The van der Waals surface area contributed by atoms with E-state index in [0.29, 0.717) is 17.1 Å². The lowest BCUT2D eigenvalue weighted by Crippen LogP contribution is -2.53. The van der Waals surface area contributed by atoms with Crippen molar-refractivity contribution in [3.05, 3.63) is 101 Å². The number of hydrogen-bond acceptors (Lipinski definition) is 4. The molecule has 3 aromatic rings. The minimum absolute atomic E-state index is 0.0837. The molecule has 0 bridgehead atoms. The van der Waals surface area contributed by atoms with E-state index in [2.05, 4.69) is 5.32 Å². The third kappa shape index (κ3) is 9.83. The van der Waals surface area contributed by atoms with Gasteiger partial charge in [-0.05, 0) is 55.5 Å². The Balaban J connectivity index is 1.59. The Morgan fingerprint density at radius 1 is 0.930 bits per heavy atom. The van der Waals surface area contributed by atoms with Gasteiger partial charge in [0.05, 0.1) is 11.9 Å². The van der Waals surface area contributed by atoms with Crippen LogP contribution in [0.1, 0.15) is 61.6 Å². The summed E-state index contributed by atoms with van der Waals surface area (Å²) in [5, 5.41) is 3.69. The molecule has 1 N–H and O–H groups in total. The highest BCUT2D eigenvalue weighted by molar-refractivity contribution is 7.92. The molecule has 0 saturated heterocycles. The van der Waals surface area contributed by atoms with Crippen molar-refractivity contribution in [2.24, 2.45) is 0 Å². The van der Waals surface area contributed by atoms with Crippen LogP contribution in [0.2, 0.25) is 5.02 Å². The zero-order chi connectivity index (χ0) is 30.8. The number of nitrogens with one attached hydrogen (secondary N) is 1. The van der Waals surface area contributed by atoms with Gasteiger partial charge in [-0.2, -0.15) is 0 Å². The maximum atomic E-state index is 14.0. The first kappa shape index (κ1) is 32.6. The third-order valence-corrected chi connectivity index (χ3v) is 9.34. The average molecular weight is 624 g/mol. The minimum Gasteiger partial charge on any atom is -0.352 e. The molecular weight excluding hydrogens is 582 g/mol. The summed E-state index contributed by atoms with van der Waals surface area (Å²) in [7, 11) is -3.61. The molecule has 4 rings (SSSR count). The number of aryl methyl sites for hydroxylation is 1. The predicted octanol–water partition coefficient (Wildman–Crippen LogP) is 6.28. The number of halogens is 1. The highest BCUT2D eigenvalue weighted by atomic mass is 35.5. The minimum atomic E-state index is -3.61. The summed E-state index contributed by atoms with van der Waals surface area (Å²) in [6.45, 7) is 2.39. The summed E-state index contributed by atoms with van der Waals surface area (Å²) in [5.74, 6) is -0.339. The van der Waals surface area contributed by atoms with Crippen LogP contribution in [0.3, 0.4) is 0 Å². The molecule has 230 valence electrons. The molecule has 2 amide bonds. The second kappa shape index (κ2) is 15.4. The zero-order valence-electron chi connectivity index (χ0n) is 25.0. The van der Waals surface area contributed by atoms with Crippen molar-refractivity contribution >= 4 is 39.1 Å². The molecule has 3 aromatic carbocycles. The van der Waals surface area contributed by atoms with Crippen molar-refractivity contribution in [2.45, 2.75) is 76.9 Å². The van der Waals surface area contributed by atoms with Crippen molar-refractivity contribution in [2.75, 3.05) is 17.1 Å². The molecule has 0 aliphatic heterocycles. The zero-order valence-corrected chi connectivity index (χ0v) is 26.6.